The second-order valence-electron chi connectivity index (χ2n) is 8.63. The van der Waals surface area contributed by atoms with Crippen LogP contribution in [0.15, 0.2) is 0 Å². The van der Waals surface area contributed by atoms with Crippen LogP contribution in [0.3, 0.4) is 0 Å². The Balaban J connectivity index is 3.09. The van der Waals surface area contributed by atoms with Crippen molar-refractivity contribution in [3.63, 3.8) is 0 Å². The first-order valence-electron chi connectivity index (χ1n) is 12.2. The van der Waals surface area contributed by atoms with Gasteiger partial charge in [-0.3, -0.25) is 43.6 Å². The Bertz CT molecular complexity index is 733. The Morgan fingerprint density at radius 2 is 0.919 bits per heavy atom. The normalized spacial score (nSPS) is 17.2. The van der Waals surface area contributed by atoms with Crippen LogP contribution in [0.1, 0.15) is 6.92 Å². The highest BCUT2D eigenvalue weighted by molar-refractivity contribution is 5.82. The maximum absolute atomic E-state index is 12.8. The summed E-state index contributed by atoms with van der Waals surface area (Å²) in [5.41, 5.74) is 0. The third-order valence-corrected chi connectivity index (χ3v) is 6.09. The monoisotopic (exact) mass is 531 g/mol. The van der Waals surface area contributed by atoms with Crippen LogP contribution in [-0.2, 0) is 38.2 Å². The molecule has 1 rings (SSSR count). The largest absolute Gasteiger partial charge is 0.480 e. The molecule has 1 heterocycles. The van der Waals surface area contributed by atoms with Gasteiger partial charge in [0.05, 0.1) is 47.5 Å². The molecule has 0 atom stereocenters. The van der Waals surface area contributed by atoms with E-state index in [0.29, 0.717) is 52.4 Å². The number of aliphatic carboxylic acids is 1. The highest BCUT2D eigenvalue weighted by Gasteiger charge is 2.23. The molecule has 0 bridgehead atoms. The summed E-state index contributed by atoms with van der Waals surface area (Å²) in [6.45, 7) is 5.22. The fraction of sp³-hybridized carbons (Fsp3) is 0.783. The molecular weight excluding hydrogens is 490 g/mol. The van der Waals surface area contributed by atoms with Crippen LogP contribution in [0.25, 0.3) is 0 Å². The smallest absolute Gasteiger partial charge is 0.323 e. The van der Waals surface area contributed by atoms with Gasteiger partial charge in [-0.15, -0.1) is 0 Å². The molecule has 37 heavy (non-hydrogen) atoms. The van der Waals surface area contributed by atoms with Crippen molar-refractivity contribution in [2.24, 2.45) is 0 Å². The molecule has 0 aromatic carbocycles. The lowest BCUT2D eigenvalue weighted by Gasteiger charge is -2.33. The quantitative estimate of drug-likeness (QED) is 0.224. The van der Waals surface area contributed by atoms with Gasteiger partial charge in [0.25, 0.3) is 0 Å². The van der Waals surface area contributed by atoms with Gasteiger partial charge < -0.3 is 24.2 Å². The summed E-state index contributed by atoms with van der Waals surface area (Å²) in [4.78, 5) is 68.7. The number of amides is 1. The molecule has 212 valence electrons. The van der Waals surface area contributed by atoms with Gasteiger partial charge >= 0.3 is 23.9 Å². The van der Waals surface area contributed by atoms with Gasteiger partial charge in [-0.1, -0.05) is 0 Å². The van der Waals surface area contributed by atoms with Gasteiger partial charge in [-0.25, -0.2) is 0 Å². The molecule has 14 heteroatoms. The minimum Gasteiger partial charge on any atom is -0.480 e. The number of carbonyl (C=O) groups is 5. The number of likely N-dealkylation sites (N-methyl/N-ethyl adjacent to an activating group) is 1. The second kappa shape index (κ2) is 17.6. The third kappa shape index (κ3) is 13.3. The second-order valence-corrected chi connectivity index (χ2v) is 8.63. The highest BCUT2D eigenvalue weighted by Crippen LogP contribution is 2.03. The van der Waals surface area contributed by atoms with E-state index < -0.39 is 23.9 Å². The molecule has 0 spiro atoms. The predicted octanol–water partition coefficient (Wildman–Crippen LogP) is -2.34. The number of carboxylic acids is 1. The lowest BCUT2D eigenvalue weighted by Crippen LogP contribution is -2.50. The van der Waals surface area contributed by atoms with Crippen LogP contribution in [0.5, 0.6) is 0 Å². The van der Waals surface area contributed by atoms with Gasteiger partial charge in [0.1, 0.15) is 6.54 Å². The molecule has 14 nitrogen and oxygen atoms in total. The first-order valence-corrected chi connectivity index (χ1v) is 12.2. The fourth-order valence-electron chi connectivity index (χ4n) is 3.78. The molecule has 1 aliphatic heterocycles. The predicted molar refractivity (Wildman–Crippen MR) is 132 cm³/mol. The molecule has 0 unspecified atom stereocenters. The van der Waals surface area contributed by atoms with E-state index in [4.69, 9.17) is 19.3 Å². The lowest BCUT2D eigenvalue weighted by atomic mass is 10.3. The highest BCUT2D eigenvalue weighted by atomic mass is 16.5. The molecule has 0 aliphatic carbocycles. The minimum atomic E-state index is -1.09. The number of ether oxygens (including phenoxy) is 3. The van der Waals surface area contributed by atoms with Gasteiger partial charge in [-0.05, 0) is 6.92 Å². The number of esters is 3. The SMILES string of the molecule is CCN(CC(=O)O)C(=O)CN1CCN(CC(=O)OC)CCN(CC(=O)OC)CCN(CC(=O)OC)CC1. The summed E-state index contributed by atoms with van der Waals surface area (Å²) in [5.74, 6) is -2.61. The van der Waals surface area contributed by atoms with E-state index in [0.717, 1.165) is 0 Å². The molecule has 0 aromatic rings. The molecule has 0 saturated carbocycles. The fourth-order valence-corrected chi connectivity index (χ4v) is 3.78. The molecule has 1 aliphatic rings. The Hall–Kier alpha value is -2.81. The van der Waals surface area contributed by atoms with E-state index in [1.165, 1.54) is 26.2 Å². The average molecular weight is 532 g/mol. The molecular formula is C23H41N5O9. The van der Waals surface area contributed by atoms with Crippen molar-refractivity contribution in [3.05, 3.63) is 0 Å². The number of rotatable bonds is 11. The van der Waals surface area contributed by atoms with Crippen LogP contribution in [-0.4, -0.2) is 172 Å². The topological polar surface area (TPSA) is 149 Å². The van der Waals surface area contributed by atoms with Gasteiger partial charge in [0, 0.05) is 58.9 Å². The molecule has 1 N–H and O–H groups in total. The van der Waals surface area contributed by atoms with Crippen molar-refractivity contribution in [3.8, 4) is 0 Å². The summed E-state index contributed by atoms with van der Waals surface area (Å²) in [7, 11) is 3.94. The Labute approximate surface area is 218 Å². The standard InChI is InChI=1S/C23H41N5O9/c1-5-28(15-20(30)31)19(29)14-24-6-8-25(16-21(32)35-2)10-12-27(18-23(34)37-4)13-11-26(9-7-24)17-22(33)36-3/h5-18H2,1-4H3,(H,30,31). The Kier molecular flexibility index (Phi) is 15.3. The summed E-state index contributed by atoms with van der Waals surface area (Å²) in [6, 6.07) is 0. The van der Waals surface area contributed by atoms with Crippen molar-refractivity contribution in [1.82, 2.24) is 24.5 Å². The third-order valence-electron chi connectivity index (χ3n) is 6.09. The number of carboxylic acid groups (broad SMARTS) is 1. The van der Waals surface area contributed by atoms with E-state index in [-0.39, 0.29) is 45.2 Å². The number of nitrogens with zero attached hydrogens (tertiary/aromatic N) is 5. The van der Waals surface area contributed by atoms with Crippen LogP contribution in [0, 0.1) is 0 Å². The minimum absolute atomic E-state index is 0.00624. The van der Waals surface area contributed by atoms with E-state index in [1.807, 2.05) is 19.6 Å². The van der Waals surface area contributed by atoms with Crippen LogP contribution in [0.2, 0.25) is 0 Å². The van der Waals surface area contributed by atoms with Crippen molar-refractivity contribution < 1.29 is 43.3 Å². The Morgan fingerprint density at radius 3 is 1.16 bits per heavy atom. The first-order chi connectivity index (χ1) is 17.6. The van der Waals surface area contributed by atoms with Gasteiger partial charge in [0.2, 0.25) is 5.91 Å². The lowest BCUT2D eigenvalue weighted by molar-refractivity contribution is -0.145. The molecule has 1 saturated heterocycles. The maximum atomic E-state index is 12.8. The van der Waals surface area contributed by atoms with E-state index >= 15 is 0 Å². The van der Waals surface area contributed by atoms with Crippen LogP contribution >= 0.6 is 0 Å². The molecule has 1 amide bonds. The zero-order valence-electron chi connectivity index (χ0n) is 22.3. The van der Waals surface area contributed by atoms with E-state index in [2.05, 4.69) is 0 Å². The summed E-state index contributed by atoms with van der Waals surface area (Å²) < 4.78 is 14.5. The van der Waals surface area contributed by atoms with Crippen LogP contribution < -0.4 is 0 Å². The van der Waals surface area contributed by atoms with Gasteiger partial charge in [0.15, 0.2) is 0 Å². The van der Waals surface area contributed by atoms with Crippen molar-refractivity contribution in [2.75, 3.05) is 113 Å². The first kappa shape index (κ1) is 32.2. The van der Waals surface area contributed by atoms with Crippen molar-refractivity contribution in [1.29, 1.82) is 0 Å². The van der Waals surface area contributed by atoms with Crippen molar-refractivity contribution >= 4 is 29.8 Å². The van der Waals surface area contributed by atoms with Crippen molar-refractivity contribution in [2.45, 2.75) is 6.92 Å². The average Bonchev–Trinajstić information content (AvgIpc) is 2.87. The molecule has 0 radical (unpaired) electrons. The summed E-state index contributed by atoms with van der Waals surface area (Å²) in [6.07, 6.45) is 0. The Morgan fingerprint density at radius 1 is 0.622 bits per heavy atom. The number of methoxy groups -OCH3 is 3. The van der Waals surface area contributed by atoms with E-state index in [1.54, 1.807) is 6.92 Å². The zero-order chi connectivity index (χ0) is 27.8. The van der Waals surface area contributed by atoms with Gasteiger partial charge in [-0.2, -0.15) is 0 Å². The van der Waals surface area contributed by atoms with E-state index in [9.17, 15) is 24.0 Å². The maximum Gasteiger partial charge on any atom is 0.323 e. The number of carbonyl (C=O) groups excluding carboxylic acids is 4. The molecule has 1 fully saturated rings. The van der Waals surface area contributed by atoms with Crippen LogP contribution in [0.4, 0.5) is 0 Å². The number of hydrogen-bond acceptors (Lipinski definition) is 12. The number of hydrogen-bond donors (Lipinski definition) is 1. The summed E-state index contributed by atoms with van der Waals surface area (Å²) in [5, 5.41) is 9.11. The molecule has 0 aromatic heterocycles. The zero-order valence-corrected chi connectivity index (χ0v) is 22.3. The summed E-state index contributed by atoms with van der Waals surface area (Å²) >= 11 is 0.